The molecule has 0 bridgehead atoms. The lowest BCUT2D eigenvalue weighted by Crippen LogP contribution is -2.09. The van der Waals surface area contributed by atoms with Crippen molar-refractivity contribution in [2.24, 2.45) is 12.8 Å². The standard InChI is InChI=1S/C8H11F2N3O/c1-13-4-5(6(14)2-3-11)7(12-13)8(9)10/h4,8H,2-3,11H2,1H3. The molecule has 0 aromatic carbocycles. The molecule has 14 heavy (non-hydrogen) atoms. The van der Waals surface area contributed by atoms with Gasteiger partial charge in [-0.25, -0.2) is 8.78 Å². The highest BCUT2D eigenvalue weighted by Gasteiger charge is 2.21. The van der Waals surface area contributed by atoms with E-state index in [1.54, 1.807) is 0 Å². The van der Waals surface area contributed by atoms with E-state index < -0.39 is 17.9 Å². The van der Waals surface area contributed by atoms with Crippen molar-refractivity contribution in [3.63, 3.8) is 0 Å². The Bertz CT molecular complexity index is 335. The van der Waals surface area contributed by atoms with Gasteiger partial charge in [0.1, 0.15) is 5.69 Å². The Balaban J connectivity index is 3.00. The third kappa shape index (κ3) is 2.14. The molecule has 0 spiro atoms. The van der Waals surface area contributed by atoms with E-state index in [0.717, 1.165) is 0 Å². The molecule has 6 heteroatoms. The van der Waals surface area contributed by atoms with Gasteiger partial charge >= 0.3 is 0 Å². The van der Waals surface area contributed by atoms with E-state index in [-0.39, 0.29) is 18.5 Å². The Kier molecular flexibility index (Phi) is 3.29. The maximum atomic E-state index is 12.4. The van der Waals surface area contributed by atoms with E-state index in [2.05, 4.69) is 5.10 Å². The van der Waals surface area contributed by atoms with E-state index in [1.807, 2.05) is 0 Å². The second kappa shape index (κ2) is 4.28. The minimum absolute atomic E-state index is 0.0343. The Morgan fingerprint density at radius 1 is 1.71 bits per heavy atom. The van der Waals surface area contributed by atoms with Gasteiger partial charge in [0, 0.05) is 19.7 Å². The third-order valence-corrected chi connectivity index (χ3v) is 1.74. The zero-order valence-corrected chi connectivity index (χ0v) is 7.70. The lowest BCUT2D eigenvalue weighted by Gasteiger charge is -1.98. The van der Waals surface area contributed by atoms with E-state index in [9.17, 15) is 13.6 Å². The van der Waals surface area contributed by atoms with Gasteiger partial charge in [0.05, 0.1) is 5.56 Å². The number of carbonyl (C=O) groups excluding carboxylic acids is 1. The Morgan fingerprint density at radius 2 is 2.36 bits per heavy atom. The Hall–Kier alpha value is -1.30. The predicted octanol–water partition coefficient (Wildman–Crippen LogP) is 0.889. The zero-order valence-electron chi connectivity index (χ0n) is 7.70. The van der Waals surface area contributed by atoms with Crippen molar-refractivity contribution < 1.29 is 13.6 Å². The van der Waals surface area contributed by atoms with Crippen molar-refractivity contribution in [2.45, 2.75) is 12.8 Å². The van der Waals surface area contributed by atoms with Crippen LogP contribution < -0.4 is 5.73 Å². The first-order valence-electron chi connectivity index (χ1n) is 4.11. The topological polar surface area (TPSA) is 60.9 Å². The van der Waals surface area contributed by atoms with Crippen molar-refractivity contribution in [1.29, 1.82) is 0 Å². The van der Waals surface area contributed by atoms with Gasteiger partial charge in [-0.3, -0.25) is 9.48 Å². The lowest BCUT2D eigenvalue weighted by atomic mass is 10.1. The summed E-state index contributed by atoms with van der Waals surface area (Å²) in [6.45, 7) is 0.149. The summed E-state index contributed by atoms with van der Waals surface area (Å²) in [7, 11) is 1.49. The van der Waals surface area contributed by atoms with Gasteiger partial charge in [-0.2, -0.15) is 5.10 Å². The number of ketones is 1. The van der Waals surface area contributed by atoms with E-state index in [0.29, 0.717) is 0 Å². The average molecular weight is 203 g/mol. The van der Waals surface area contributed by atoms with Crippen molar-refractivity contribution in [1.82, 2.24) is 9.78 Å². The first-order chi connectivity index (χ1) is 6.56. The van der Waals surface area contributed by atoms with Crippen LogP contribution in [0.5, 0.6) is 0 Å². The molecule has 1 aromatic heterocycles. The van der Waals surface area contributed by atoms with Crippen LogP contribution in [0.1, 0.15) is 28.9 Å². The Labute approximate surface area is 79.7 Å². The number of halogens is 2. The molecule has 0 aliphatic rings. The van der Waals surface area contributed by atoms with Crippen LogP contribution in [-0.2, 0) is 7.05 Å². The number of rotatable bonds is 4. The third-order valence-electron chi connectivity index (χ3n) is 1.74. The van der Waals surface area contributed by atoms with Crippen molar-refractivity contribution in [2.75, 3.05) is 6.54 Å². The second-order valence-corrected chi connectivity index (χ2v) is 2.86. The van der Waals surface area contributed by atoms with Crippen molar-refractivity contribution in [3.05, 3.63) is 17.5 Å². The van der Waals surface area contributed by atoms with Crippen molar-refractivity contribution in [3.8, 4) is 0 Å². The van der Waals surface area contributed by atoms with Crippen LogP contribution >= 0.6 is 0 Å². The number of aryl methyl sites for hydroxylation is 1. The molecule has 1 rings (SSSR count). The van der Waals surface area contributed by atoms with Crippen LogP contribution in [-0.4, -0.2) is 22.1 Å². The SMILES string of the molecule is Cn1cc(C(=O)CCN)c(C(F)F)n1. The highest BCUT2D eigenvalue weighted by molar-refractivity contribution is 5.97. The predicted molar refractivity (Wildman–Crippen MR) is 46.2 cm³/mol. The fourth-order valence-electron chi connectivity index (χ4n) is 1.15. The van der Waals surface area contributed by atoms with Gasteiger partial charge in [0.15, 0.2) is 5.78 Å². The van der Waals surface area contributed by atoms with Crippen LogP contribution in [0.3, 0.4) is 0 Å². The van der Waals surface area contributed by atoms with Gasteiger partial charge < -0.3 is 5.73 Å². The number of hydrogen-bond donors (Lipinski definition) is 1. The summed E-state index contributed by atoms with van der Waals surface area (Å²) >= 11 is 0. The number of nitrogens with two attached hydrogens (primary N) is 1. The normalized spacial score (nSPS) is 10.9. The summed E-state index contributed by atoms with van der Waals surface area (Å²) in [6.07, 6.45) is -1.38. The van der Waals surface area contributed by atoms with Gasteiger partial charge in [-0.05, 0) is 6.54 Å². The first-order valence-corrected chi connectivity index (χ1v) is 4.11. The molecule has 1 aromatic rings. The summed E-state index contributed by atoms with van der Waals surface area (Å²) in [4.78, 5) is 11.3. The summed E-state index contributed by atoms with van der Waals surface area (Å²) in [5.74, 6) is -0.393. The molecule has 2 N–H and O–H groups in total. The number of alkyl halides is 2. The van der Waals surface area contributed by atoms with Crippen LogP contribution in [0.15, 0.2) is 6.20 Å². The molecule has 0 atom stereocenters. The van der Waals surface area contributed by atoms with E-state index in [1.165, 1.54) is 17.9 Å². The highest BCUT2D eigenvalue weighted by atomic mass is 19.3. The van der Waals surface area contributed by atoms with Gasteiger partial charge in [0.2, 0.25) is 0 Å². The van der Waals surface area contributed by atoms with Crippen LogP contribution in [0, 0.1) is 0 Å². The zero-order chi connectivity index (χ0) is 10.7. The monoisotopic (exact) mass is 203 g/mol. The van der Waals surface area contributed by atoms with Crippen LogP contribution in [0.25, 0.3) is 0 Å². The summed E-state index contributed by atoms with van der Waals surface area (Å²) in [6, 6.07) is 0. The maximum absolute atomic E-state index is 12.4. The van der Waals surface area contributed by atoms with Gasteiger partial charge in [0.25, 0.3) is 6.43 Å². The van der Waals surface area contributed by atoms with E-state index in [4.69, 9.17) is 5.73 Å². The molecule has 4 nitrogen and oxygen atoms in total. The molecule has 0 saturated heterocycles. The quantitative estimate of drug-likeness (QED) is 0.739. The fourth-order valence-corrected chi connectivity index (χ4v) is 1.15. The molecular weight excluding hydrogens is 192 g/mol. The van der Waals surface area contributed by atoms with Gasteiger partial charge in [-0.1, -0.05) is 0 Å². The average Bonchev–Trinajstić information content (AvgIpc) is 2.48. The molecular formula is C8H11F2N3O. The fraction of sp³-hybridized carbons (Fsp3) is 0.500. The molecule has 0 amide bonds. The Morgan fingerprint density at radius 3 is 2.86 bits per heavy atom. The van der Waals surface area contributed by atoms with E-state index >= 15 is 0 Å². The summed E-state index contributed by atoms with van der Waals surface area (Å²) < 4.78 is 26.0. The number of Topliss-reactive ketones (excluding diaryl/α,β-unsaturated/α-hetero) is 1. The molecule has 78 valence electrons. The summed E-state index contributed by atoms with van der Waals surface area (Å²) in [5.41, 5.74) is 4.66. The second-order valence-electron chi connectivity index (χ2n) is 2.86. The molecule has 0 aliphatic carbocycles. The van der Waals surface area contributed by atoms with Crippen LogP contribution in [0.2, 0.25) is 0 Å². The molecule has 0 unspecified atom stereocenters. The molecule has 0 radical (unpaired) electrons. The first kappa shape index (κ1) is 10.8. The minimum Gasteiger partial charge on any atom is -0.330 e. The van der Waals surface area contributed by atoms with Crippen molar-refractivity contribution >= 4 is 5.78 Å². The summed E-state index contributed by atoms with van der Waals surface area (Å²) in [5, 5.41) is 3.52. The maximum Gasteiger partial charge on any atom is 0.282 e. The number of nitrogens with zero attached hydrogens (tertiary/aromatic N) is 2. The van der Waals surface area contributed by atoms with Gasteiger partial charge in [-0.15, -0.1) is 0 Å². The minimum atomic E-state index is -2.73. The van der Waals surface area contributed by atoms with Crippen LogP contribution in [0.4, 0.5) is 8.78 Å². The molecule has 0 fully saturated rings. The number of carbonyl (C=O) groups is 1. The lowest BCUT2D eigenvalue weighted by molar-refractivity contribution is 0.0970. The largest absolute Gasteiger partial charge is 0.330 e. The molecule has 0 aliphatic heterocycles. The smallest absolute Gasteiger partial charge is 0.282 e. The number of aromatic nitrogens is 2. The molecule has 1 heterocycles. The number of hydrogen-bond acceptors (Lipinski definition) is 3. The highest BCUT2D eigenvalue weighted by Crippen LogP contribution is 2.21. The molecule has 0 saturated carbocycles.